The molecule has 0 radical (unpaired) electrons. The van der Waals surface area contributed by atoms with Gasteiger partial charge in [0.2, 0.25) is 0 Å². The van der Waals surface area contributed by atoms with Crippen LogP contribution in [0, 0.1) is 0 Å². The van der Waals surface area contributed by atoms with Gasteiger partial charge in [0.1, 0.15) is 0 Å². The Morgan fingerprint density at radius 1 is 1.20 bits per heavy atom. The summed E-state index contributed by atoms with van der Waals surface area (Å²) in [5.41, 5.74) is 0. The Morgan fingerprint density at radius 3 is 2.40 bits per heavy atom. The summed E-state index contributed by atoms with van der Waals surface area (Å²) in [4.78, 5) is 5.04. The molecule has 15 heavy (non-hydrogen) atoms. The second kappa shape index (κ2) is 5.28. The summed E-state index contributed by atoms with van der Waals surface area (Å²) in [6.07, 6.45) is 4.23. The van der Waals surface area contributed by atoms with Crippen LogP contribution < -0.4 is 5.32 Å². The van der Waals surface area contributed by atoms with Crippen LogP contribution in [-0.4, -0.2) is 61.7 Å². The average molecular weight is 211 g/mol. The summed E-state index contributed by atoms with van der Waals surface area (Å²) < 4.78 is 0. The van der Waals surface area contributed by atoms with Gasteiger partial charge in [0.15, 0.2) is 0 Å². The fourth-order valence-electron chi connectivity index (χ4n) is 2.34. The van der Waals surface area contributed by atoms with Crippen molar-refractivity contribution in [1.82, 2.24) is 15.1 Å². The number of nitrogens with one attached hydrogen (secondary N) is 1. The summed E-state index contributed by atoms with van der Waals surface area (Å²) in [6, 6.07) is 1.54. The molecule has 1 aliphatic heterocycles. The zero-order valence-corrected chi connectivity index (χ0v) is 10.2. The highest BCUT2D eigenvalue weighted by atomic mass is 15.3. The minimum atomic E-state index is 0.708. The molecule has 2 aliphatic rings. The van der Waals surface area contributed by atoms with Crippen molar-refractivity contribution in [1.29, 1.82) is 0 Å². The van der Waals surface area contributed by atoms with Crippen LogP contribution in [0.15, 0.2) is 0 Å². The first kappa shape index (κ1) is 11.4. The lowest BCUT2D eigenvalue weighted by molar-refractivity contribution is 0.114. The van der Waals surface area contributed by atoms with Crippen molar-refractivity contribution in [2.75, 3.05) is 39.8 Å². The Kier molecular flexibility index (Phi) is 4.00. The molecule has 1 heterocycles. The molecule has 0 aromatic carbocycles. The molecule has 1 atom stereocenters. The standard InChI is InChI=1S/C12H25N3/c1-11(10-13-12-4-3-5-12)15-8-6-14(2)7-9-15/h11-13H,3-10H2,1-2H3. The number of piperazine rings is 1. The molecule has 1 unspecified atom stereocenters. The van der Waals surface area contributed by atoms with Gasteiger partial charge in [-0.2, -0.15) is 0 Å². The van der Waals surface area contributed by atoms with Crippen LogP contribution in [0.3, 0.4) is 0 Å². The Morgan fingerprint density at radius 2 is 1.87 bits per heavy atom. The molecule has 1 saturated heterocycles. The Labute approximate surface area is 93.8 Å². The molecular formula is C12H25N3. The van der Waals surface area contributed by atoms with Crippen LogP contribution in [0.25, 0.3) is 0 Å². The van der Waals surface area contributed by atoms with Crippen molar-refractivity contribution < 1.29 is 0 Å². The zero-order valence-electron chi connectivity index (χ0n) is 10.2. The normalized spacial score (nSPS) is 27.6. The molecule has 0 amide bonds. The highest BCUT2D eigenvalue weighted by Gasteiger charge is 2.21. The predicted octanol–water partition coefficient (Wildman–Crippen LogP) is 0.764. The van der Waals surface area contributed by atoms with Crippen molar-refractivity contribution in [3.05, 3.63) is 0 Å². The molecule has 3 heteroatoms. The lowest BCUT2D eigenvalue weighted by Crippen LogP contribution is -2.52. The lowest BCUT2D eigenvalue weighted by Gasteiger charge is -2.37. The van der Waals surface area contributed by atoms with Gasteiger partial charge in [-0.15, -0.1) is 0 Å². The molecule has 2 fully saturated rings. The van der Waals surface area contributed by atoms with E-state index in [9.17, 15) is 0 Å². The van der Waals surface area contributed by atoms with E-state index in [4.69, 9.17) is 0 Å². The van der Waals surface area contributed by atoms with Crippen LogP contribution in [0.2, 0.25) is 0 Å². The summed E-state index contributed by atoms with van der Waals surface area (Å²) in [5, 5.41) is 3.67. The van der Waals surface area contributed by atoms with Crippen molar-refractivity contribution >= 4 is 0 Å². The fraction of sp³-hybridized carbons (Fsp3) is 1.00. The van der Waals surface area contributed by atoms with E-state index in [-0.39, 0.29) is 0 Å². The van der Waals surface area contributed by atoms with E-state index in [0.29, 0.717) is 6.04 Å². The second-order valence-corrected chi connectivity index (χ2v) is 5.22. The monoisotopic (exact) mass is 211 g/mol. The van der Waals surface area contributed by atoms with E-state index in [1.54, 1.807) is 0 Å². The molecular weight excluding hydrogens is 186 g/mol. The maximum Gasteiger partial charge on any atom is 0.0193 e. The Balaban J connectivity index is 1.63. The molecule has 1 saturated carbocycles. The van der Waals surface area contributed by atoms with Crippen LogP contribution in [0.4, 0.5) is 0 Å². The van der Waals surface area contributed by atoms with Gasteiger partial charge in [0.05, 0.1) is 0 Å². The van der Waals surface area contributed by atoms with Gasteiger partial charge in [0.25, 0.3) is 0 Å². The Bertz CT molecular complexity index is 183. The van der Waals surface area contributed by atoms with E-state index in [1.165, 1.54) is 52.0 Å². The molecule has 2 rings (SSSR count). The third-order valence-corrected chi connectivity index (χ3v) is 3.97. The Hall–Kier alpha value is -0.120. The summed E-state index contributed by atoms with van der Waals surface area (Å²) in [7, 11) is 2.22. The van der Waals surface area contributed by atoms with E-state index in [0.717, 1.165) is 6.04 Å². The maximum absolute atomic E-state index is 3.67. The van der Waals surface area contributed by atoms with Crippen molar-refractivity contribution in [3.63, 3.8) is 0 Å². The third kappa shape index (κ3) is 3.16. The number of hydrogen-bond donors (Lipinski definition) is 1. The average Bonchev–Trinajstić information content (AvgIpc) is 2.16. The zero-order chi connectivity index (χ0) is 10.7. The van der Waals surface area contributed by atoms with Crippen molar-refractivity contribution in [2.24, 2.45) is 0 Å². The van der Waals surface area contributed by atoms with Crippen LogP contribution in [0.5, 0.6) is 0 Å². The van der Waals surface area contributed by atoms with Gasteiger partial charge in [-0.1, -0.05) is 6.42 Å². The fourth-order valence-corrected chi connectivity index (χ4v) is 2.34. The predicted molar refractivity (Wildman–Crippen MR) is 64.2 cm³/mol. The summed E-state index contributed by atoms with van der Waals surface area (Å²) in [6.45, 7) is 8.47. The van der Waals surface area contributed by atoms with Gasteiger partial charge >= 0.3 is 0 Å². The van der Waals surface area contributed by atoms with E-state index in [1.807, 2.05) is 0 Å². The first-order valence-electron chi connectivity index (χ1n) is 6.41. The quantitative estimate of drug-likeness (QED) is 0.741. The molecule has 0 spiro atoms. The van der Waals surface area contributed by atoms with E-state index >= 15 is 0 Å². The smallest absolute Gasteiger partial charge is 0.0193 e. The summed E-state index contributed by atoms with van der Waals surface area (Å²) in [5.74, 6) is 0. The van der Waals surface area contributed by atoms with Crippen LogP contribution in [-0.2, 0) is 0 Å². The first-order valence-corrected chi connectivity index (χ1v) is 6.41. The van der Waals surface area contributed by atoms with Gasteiger partial charge < -0.3 is 10.2 Å². The van der Waals surface area contributed by atoms with Crippen molar-refractivity contribution in [3.8, 4) is 0 Å². The second-order valence-electron chi connectivity index (χ2n) is 5.22. The topological polar surface area (TPSA) is 18.5 Å². The molecule has 3 nitrogen and oxygen atoms in total. The van der Waals surface area contributed by atoms with Crippen LogP contribution >= 0.6 is 0 Å². The third-order valence-electron chi connectivity index (χ3n) is 3.97. The largest absolute Gasteiger partial charge is 0.312 e. The highest BCUT2D eigenvalue weighted by molar-refractivity contribution is 4.81. The minimum absolute atomic E-state index is 0.708. The van der Waals surface area contributed by atoms with Crippen molar-refractivity contribution in [2.45, 2.75) is 38.3 Å². The molecule has 0 aromatic rings. The van der Waals surface area contributed by atoms with Gasteiger partial charge in [-0.05, 0) is 26.8 Å². The van der Waals surface area contributed by atoms with Gasteiger partial charge in [-0.25, -0.2) is 0 Å². The SMILES string of the molecule is CC(CNC1CCC1)N1CCN(C)CC1. The number of nitrogens with zero attached hydrogens (tertiary/aromatic N) is 2. The first-order chi connectivity index (χ1) is 7.25. The number of likely N-dealkylation sites (N-methyl/N-ethyl adjacent to an activating group) is 1. The minimum Gasteiger partial charge on any atom is -0.312 e. The molecule has 0 bridgehead atoms. The highest BCUT2D eigenvalue weighted by Crippen LogP contribution is 2.18. The van der Waals surface area contributed by atoms with Gasteiger partial charge in [0, 0.05) is 44.8 Å². The molecule has 1 N–H and O–H groups in total. The molecule has 1 aliphatic carbocycles. The number of rotatable bonds is 4. The van der Waals surface area contributed by atoms with E-state index < -0.39 is 0 Å². The summed E-state index contributed by atoms with van der Waals surface area (Å²) >= 11 is 0. The van der Waals surface area contributed by atoms with Gasteiger partial charge in [-0.3, -0.25) is 4.90 Å². The maximum atomic E-state index is 3.67. The lowest BCUT2D eigenvalue weighted by atomic mass is 9.93. The van der Waals surface area contributed by atoms with E-state index in [2.05, 4.69) is 29.1 Å². The molecule has 0 aromatic heterocycles. The molecule has 88 valence electrons. The van der Waals surface area contributed by atoms with Crippen LogP contribution in [0.1, 0.15) is 26.2 Å². The number of hydrogen-bond acceptors (Lipinski definition) is 3.